The first-order valence-corrected chi connectivity index (χ1v) is 10.9. The number of aryl methyl sites for hydroxylation is 1. The molecule has 6 nitrogen and oxygen atoms in total. The number of hydrogen-bond acceptors (Lipinski definition) is 4. The highest BCUT2D eigenvalue weighted by Crippen LogP contribution is 2.38. The Balaban J connectivity index is 1.58. The minimum Gasteiger partial charge on any atom is -0.459 e. The van der Waals surface area contributed by atoms with Crippen LogP contribution in [0.5, 0.6) is 11.6 Å². The molecule has 0 bridgehead atoms. The molecule has 0 unspecified atom stereocenters. The Kier molecular flexibility index (Phi) is 5.45. The SMILES string of the molecule is Cn1nc(-c2ccccc2)c(CN(C(=O)c2ccco2)C2CC2)c1Oc1ccccc1Cl. The van der Waals surface area contributed by atoms with Gasteiger partial charge in [0.1, 0.15) is 11.4 Å². The number of nitrogens with zero attached hydrogens (tertiary/aromatic N) is 3. The highest BCUT2D eigenvalue weighted by Gasteiger charge is 2.36. The fraction of sp³-hybridized carbons (Fsp3) is 0.200. The Morgan fingerprint density at radius 2 is 1.88 bits per heavy atom. The van der Waals surface area contributed by atoms with Gasteiger partial charge in [-0.15, -0.1) is 0 Å². The van der Waals surface area contributed by atoms with Crippen molar-refractivity contribution in [3.05, 3.63) is 89.3 Å². The predicted octanol–water partition coefficient (Wildman–Crippen LogP) is 5.93. The van der Waals surface area contributed by atoms with Crippen LogP contribution in [0.1, 0.15) is 29.0 Å². The van der Waals surface area contributed by atoms with E-state index in [2.05, 4.69) is 0 Å². The third-order valence-corrected chi connectivity index (χ3v) is 5.80. The number of ether oxygens (including phenoxy) is 1. The van der Waals surface area contributed by atoms with Crippen molar-refractivity contribution >= 4 is 17.5 Å². The standard InChI is InChI=1S/C25H22ClN3O3/c1-28-25(32-21-11-6-5-10-20(21)26)19(23(27-28)17-8-3-2-4-9-17)16-29(18-13-14-18)24(30)22-12-7-15-31-22/h2-12,15,18H,13-14,16H2,1H3. The lowest BCUT2D eigenvalue weighted by Gasteiger charge is -2.22. The van der Waals surface area contributed by atoms with Crippen LogP contribution in [-0.4, -0.2) is 26.6 Å². The molecular weight excluding hydrogens is 426 g/mol. The average molecular weight is 448 g/mol. The second kappa shape index (κ2) is 8.55. The van der Waals surface area contributed by atoms with Gasteiger partial charge in [-0.2, -0.15) is 5.10 Å². The summed E-state index contributed by atoms with van der Waals surface area (Å²) in [6.45, 7) is 0.349. The van der Waals surface area contributed by atoms with Crippen molar-refractivity contribution in [2.45, 2.75) is 25.4 Å². The second-order valence-electron chi connectivity index (χ2n) is 7.80. The Morgan fingerprint density at radius 1 is 1.12 bits per heavy atom. The van der Waals surface area contributed by atoms with E-state index in [1.54, 1.807) is 22.9 Å². The summed E-state index contributed by atoms with van der Waals surface area (Å²) in [5, 5.41) is 5.25. The van der Waals surface area contributed by atoms with Crippen molar-refractivity contribution in [1.82, 2.24) is 14.7 Å². The quantitative estimate of drug-likeness (QED) is 0.352. The third kappa shape index (κ3) is 4.01. The van der Waals surface area contributed by atoms with Gasteiger partial charge in [-0.1, -0.05) is 54.1 Å². The van der Waals surface area contributed by atoms with Crippen molar-refractivity contribution in [3.8, 4) is 22.9 Å². The summed E-state index contributed by atoms with van der Waals surface area (Å²) >= 11 is 6.36. The summed E-state index contributed by atoms with van der Waals surface area (Å²) in [6.07, 6.45) is 3.45. The minimum absolute atomic E-state index is 0.135. The van der Waals surface area contributed by atoms with Gasteiger partial charge in [0.25, 0.3) is 5.91 Å². The highest BCUT2D eigenvalue weighted by atomic mass is 35.5. The van der Waals surface area contributed by atoms with E-state index in [1.807, 2.05) is 60.5 Å². The molecule has 162 valence electrons. The van der Waals surface area contributed by atoms with Crippen molar-refractivity contribution in [1.29, 1.82) is 0 Å². The first-order chi connectivity index (χ1) is 15.6. The van der Waals surface area contributed by atoms with E-state index in [0.717, 1.165) is 29.7 Å². The Bertz CT molecular complexity index is 1230. The molecule has 0 saturated heterocycles. The van der Waals surface area contributed by atoms with Gasteiger partial charge in [-0.05, 0) is 37.1 Å². The van der Waals surface area contributed by atoms with Gasteiger partial charge in [0.05, 0.1) is 23.4 Å². The molecular formula is C25H22ClN3O3. The largest absolute Gasteiger partial charge is 0.459 e. The Morgan fingerprint density at radius 3 is 2.56 bits per heavy atom. The van der Waals surface area contributed by atoms with Gasteiger partial charge >= 0.3 is 0 Å². The molecule has 1 fully saturated rings. The topological polar surface area (TPSA) is 60.5 Å². The highest BCUT2D eigenvalue weighted by molar-refractivity contribution is 6.32. The summed E-state index contributed by atoms with van der Waals surface area (Å²) in [7, 11) is 1.83. The summed E-state index contributed by atoms with van der Waals surface area (Å²) < 4.78 is 13.3. The number of halogens is 1. The molecule has 0 radical (unpaired) electrons. The Hall–Kier alpha value is -3.51. The number of carbonyl (C=O) groups is 1. The smallest absolute Gasteiger partial charge is 0.290 e. The minimum atomic E-state index is -0.135. The molecule has 1 amide bonds. The van der Waals surface area contributed by atoms with Crippen LogP contribution in [0, 0.1) is 0 Å². The number of hydrogen-bond donors (Lipinski definition) is 0. The lowest BCUT2D eigenvalue weighted by molar-refractivity contribution is 0.0696. The van der Waals surface area contributed by atoms with Gasteiger partial charge < -0.3 is 14.1 Å². The number of carbonyl (C=O) groups excluding carboxylic acids is 1. The maximum absolute atomic E-state index is 13.2. The molecule has 2 aromatic heterocycles. The molecule has 1 saturated carbocycles. The molecule has 0 aliphatic heterocycles. The number of rotatable bonds is 7. The van der Waals surface area contributed by atoms with Crippen molar-refractivity contribution < 1.29 is 13.9 Å². The fourth-order valence-corrected chi connectivity index (χ4v) is 3.92. The first-order valence-electron chi connectivity index (χ1n) is 10.5. The summed E-state index contributed by atoms with van der Waals surface area (Å²) in [5.74, 6) is 1.28. The number of amides is 1. The maximum atomic E-state index is 13.2. The zero-order valence-corrected chi connectivity index (χ0v) is 18.3. The molecule has 0 spiro atoms. The van der Waals surface area contributed by atoms with E-state index < -0.39 is 0 Å². The lowest BCUT2D eigenvalue weighted by atomic mass is 10.1. The van der Waals surface area contributed by atoms with E-state index in [-0.39, 0.29) is 11.9 Å². The molecule has 0 atom stereocenters. The number of benzene rings is 2. The van der Waals surface area contributed by atoms with Crippen LogP contribution in [0.3, 0.4) is 0 Å². The zero-order chi connectivity index (χ0) is 22.1. The fourth-order valence-electron chi connectivity index (χ4n) is 3.75. The van der Waals surface area contributed by atoms with Gasteiger partial charge in [0, 0.05) is 18.7 Å². The van der Waals surface area contributed by atoms with Crippen molar-refractivity contribution in [2.75, 3.05) is 0 Å². The molecule has 2 heterocycles. The van der Waals surface area contributed by atoms with E-state index in [1.165, 1.54) is 6.26 Å². The molecule has 5 rings (SSSR count). The van der Waals surface area contributed by atoms with Crippen LogP contribution in [0.25, 0.3) is 11.3 Å². The molecule has 1 aliphatic carbocycles. The van der Waals surface area contributed by atoms with Crippen LogP contribution >= 0.6 is 11.6 Å². The first kappa shape index (κ1) is 20.4. The van der Waals surface area contributed by atoms with E-state index >= 15 is 0 Å². The molecule has 7 heteroatoms. The molecule has 2 aromatic carbocycles. The van der Waals surface area contributed by atoms with Gasteiger partial charge in [0.2, 0.25) is 5.88 Å². The van der Waals surface area contributed by atoms with Gasteiger partial charge in [-0.3, -0.25) is 4.79 Å². The van der Waals surface area contributed by atoms with Gasteiger partial charge in [-0.25, -0.2) is 4.68 Å². The normalized spacial score (nSPS) is 13.2. The number of furan rings is 1. The van der Waals surface area contributed by atoms with Crippen LogP contribution in [0.15, 0.2) is 77.4 Å². The second-order valence-corrected chi connectivity index (χ2v) is 8.20. The third-order valence-electron chi connectivity index (χ3n) is 5.49. The van der Waals surface area contributed by atoms with Crippen molar-refractivity contribution in [2.24, 2.45) is 7.05 Å². The summed E-state index contributed by atoms with van der Waals surface area (Å²) in [6, 6.07) is 20.8. The van der Waals surface area contributed by atoms with Gasteiger partial charge in [0.15, 0.2) is 5.76 Å². The molecule has 4 aromatic rings. The maximum Gasteiger partial charge on any atom is 0.290 e. The number of aromatic nitrogens is 2. The molecule has 0 N–H and O–H groups in total. The average Bonchev–Trinajstić information content (AvgIpc) is 3.40. The van der Waals surface area contributed by atoms with Crippen LogP contribution < -0.4 is 4.74 Å². The van der Waals surface area contributed by atoms with Crippen LogP contribution in [-0.2, 0) is 13.6 Å². The van der Waals surface area contributed by atoms with Crippen LogP contribution in [0.2, 0.25) is 5.02 Å². The van der Waals surface area contributed by atoms with E-state index in [9.17, 15) is 4.79 Å². The van der Waals surface area contributed by atoms with E-state index in [0.29, 0.717) is 29.0 Å². The van der Waals surface area contributed by atoms with Crippen molar-refractivity contribution in [3.63, 3.8) is 0 Å². The predicted molar refractivity (Wildman–Crippen MR) is 122 cm³/mol. The lowest BCUT2D eigenvalue weighted by Crippen LogP contribution is -2.32. The molecule has 32 heavy (non-hydrogen) atoms. The van der Waals surface area contributed by atoms with E-state index in [4.69, 9.17) is 25.9 Å². The monoisotopic (exact) mass is 447 g/mol. The zero-order valence-electron chi connectivity index (χ0n) is 17.6. The molecule has 1 aliphatic rings. The summed E-state index contributed by atoms with van der Waals surface area (Å²) in [5.41, 5.74) is 2.55. The Labute approximate surface area is 191 Å². The summed E-state index contributed by atoms with van der Waals surface area (Å²) in [4.78, 5) is 15.1. The number of para-hydroxylation sites is 1. The van der Waals surface area contributed by atoms with Crippen LogP contribution in [0.4, 0.5) is 0 Å².